The van der Waals surface area contributed by atoms with Crippen molar-refractivity contribution < 1.29 is 18.9 Å². The molecule has 0 aromatic heterocycles. The Kier molecular flexibility index (Phi) is 9.29. The van der Waals surface area contributed by atoms with Crippen LogP contribution >= 0.6 is 0 Å². The zero-order valence-electron chi connectivity index (χ0n) is 9.62. The van der Waals surface area contributed by atoms with Crippen LogP contribution in [0.15, 0.2) is 0 Å². The molecule has 0 aromatic rings. The summed E-state index contributed by atoms with van der Waals surface area (Å²) in [6, 6.07) is 0. The van der Waals surface area contributed by atoms with Crippen LogP contribution in [-0.4, -0.2) is 39.5 Å². The Morgan fingerprint density at radius 2 is 1.21 bits per heavy atom. The summed E-state index contributed by atoms with van der Waals surface area (Å²) in [5, 5.41) is 0. The Hall–Kier alpha value is -0.160. The normalized spacial score (nSPS) is 13.5. The minimum absolute atomic E-state index is 0.235. The lowest BCUT2D eigenvalue weighted by molar-refractivity contribution is -0.201. The molecule has 0 aliphatic rings. The molecular formula is C10H22O4. The summed E-state index contributed by atoms with van der Waals surface area (Å²) < 4.78 is 21.2. The van der Waals surface area contributed by atoms with E-state index < -0.39 is 0 Å². The first kappa shape index (κ1) is 13.8. The predicted octanol–water partition coefficient (Wildman–Crippen LogP) is 1.78. The van der Waals surface area contributed by atoms with Crippen molar-refractivity contribution >= 4 is 0 Å². The van der Waals surface area contributed by atoms with E-state index in [9.17, 15) is 0 Å². The third-order valence-corrected chi connectivity index (χ3v) is 1.71. The highest BCUT2D eigenvalue weighted by atomic mass is 16.7. The monoisotopic (exact) mass is 206 g/mol. The third-order valence-electron chi connectivity index (χ3n) is 1.71. The third kappa shape index (κ3) is 6.32. The van der Waals surface area contributed by atoms with Gasteiger partial charge in [-0.05, 0) is 20.8 Å². The Morgan fingerprint density at radius 3 is 1.57 bits per heavy atom. The van der Waals surface area contributed by atoms with Crippen LogP contribution < -0.4 is 0 Å². The maximum atomic E-state index is 5.38. The molecule has 0 saturated heterocycles. The number of ether oxygens (including phenoxy) is 4. The van der Waals surface area contributed by atoms with Crippen LogP contribution in [0.25, 0.3) is 0 Å². The Balaban J connectivity index is 3.83. The summed E-state index contributed by atoms with van der Waals surface area (Å²) in [6.45, 7) is 7.70. The summed E-state index contributed by atoms with van der Waals surface area (Å²) in [6.07, 6.45) is 0.121. The zero-order valence-corrected chi connectivity index (χ0v) is 9.62. The quantitative estimate of drug-likeness (QED) is 0.539. The van der Waals surface area contributed by atoms with E-state index >= 15 is 0 Å². The SMILES string of the molecule is CCOC(C[C@H](OC)OCC)OCC. The molecule has 0 aromatic carbocycles. The molecule has 0 amide bonds. The van der Waals surface area contributed by atoms with Crippen LogP contribution in [0.5, 0.6) is 0 Å². The van der Waals surface area contributed by atoms with Crippen molar-refractivity contribution in [1.82, 2.24) is 0 Å². The smallest absolute Gasteiger partial charge is 0.162 e. The molecule has 0 radical (unpaired) electrons. The van der Waals surface area contributed by atoms with E-state index in [4.69, 9.17) is 18.9 Å². The van der Waals surface area contributed by atoms with Gasteiger partial charge in [0.05, 0.1) is 0 Å². The number of hydrogen-bond donors (Lipinski definition) is 0. The fourth-order valence-electron chi connectivity index (χ4n) is 1.13. The van der Waals surface area contributed by atoms with Crippen molar-refractivity contribution in [2.45, 2.75) is 39.8 Å². The average Bonchev–Trinajstić information content (AvgIpc) is 2.18. The Bertz CT molecular complexity index is 113. The van der Waals surface area contributed by atoms with Crippen molar-refractivity contribution in [3.05, 3.63) is 0 Å². The van der Waals surface area contributed by atoms with E-state index in [0.29, 0.717) is 26.2 Å². The van der Waals surface area contributed by atoms with Gasteiger partial charge in [0.25, 0.3) is 0 Å². The molecule has 4 nitrogen and oxygen atoms in total. The van der Waals surface area contributed by atoms with Crippen LogP contribution in [0.2, 0.25) is 0 Å². The topological polar surface area (TPSA) is 36.9 Å². The van der Waals surface area contributed by atoms with Gasteiger partial charge in [0, 0.05) is 33.4 Å². The summed E-state index contributed by atoms with van der Waals surface area (Å²) >= 11 is 0. The van der Waals surface area contributed by atoms with Crippen molar-refractivity contribution in [3.63, 3.8) is 0 Å². The van der Waals surface area contributed by atoms with E-state index in [1.165, 1.54) is 0 Å². The predicted molar refractivity (Wildman–Crippen MR) is 54.1 cm³/mol. The minimum Gasteiger partial charge on any atom is -0.356 e. The molecule has 0 N–H and O–H groups in total. The second-order valence-corrected chi connectivity index (χ2v) is 2.70. The van der Waals surface area contributed by atoms with E-state index in [1.54, 1.807) is 7.11 Å². The van der Waals surface area contributed by atoms with Gasteiger partial charge in [-0.25, -0.2) is 0 Å². The van der Waals surface area contributed by atoms with Crippen molar-refractivity contribution in [1.29, 1.82) is 0 Å². The van der Waals surface area contributed by atoms with Gasteiger partial charge in [-0.1, -0.05) is 0 Å². The summed E-state index contributed by atoms with van der Waals surface area (Å²) in [5.74, 6) is 0. The fourth-order valence-corrected chi connectivity index (χ4v) is 1.13. The molecule has 0 saturated carbocycles. The van der Waals surface area contributed by atoms with Gasteiger partial charge in [0.2, 0.25) is 0 Å². The largest absolute Gasteiger partial charge is 0.356 e. The molecule has 0 rings (SSSR count). The van der Waals surface area contributed by atoms with Crippen molar-refractivity contribution in [2.75, 3.05) is 26.9 Å². The second kappa shape index (κ2) is 9.40. The molecule has 0 spiro atoms. The molecule has 0 unspecified atom stereocenters. The highest BCUT2D eigenvalue weighted by Gasteiger charge is 2.16. The minimum atomic E-state index is -0.247. The maximum absolute atomic E-state index is 5.38. The van der Waals surface area contributed by atoms with Crippen molar-refractivity contribution in [2.24, 2.45) is 0 Å². The number of methoxy groups -OCH3 is 1. The molecule has 0 aliphatic heterocycles. The number of rotatable bonds is 9. The molecule has 4 heteroatoms. The fraction of sp³-hybridized carbons (Fsp3) is 1.00. The van der Waals surface area contributed by atoms with Gasteiger partial charge in [-0.2, -0.15) is 0 Å². The molecule has 0 heterocycles. The molecule has 0 bridgehead atoms. The molecule has 14 heavy (non-hydrogen) atoms. The first-order valence-corrected chi connectivity index (χ1v) is 5.15. The molecule has 1 atom stereocenters. The molecular weight excluding hydrogens is 184 g/mol. The maximum Gasteiger partial charge on any atom is 0.162 e. The van der Waals surface area contributed by atoms with E-state index in [1.807, 2.05) is 20.8 Å². The Labute approximate surface area is 86.5 Å². The van der Waals surface area contributed by atoms with Gasteiger partial charge in [0.15, 0.2) is 12.6 Å². The van der Waals surface area contributed by atoms with E-state index in [2.05, 4.69) is 0 Å². The van der Waals surface area contributed by atoms with Crippen LogP contribution in [0.3, 0.4) is 0 Å². The van der Waals surface area contributed by atoms with Gasteiger partial charge in [-0.3, -0.25) is 0 Å². The Morgan fingerprint density at radius 1 is 0.786 bits per heavy atom. The van der Waals surface area contributed by atoms with Crippen molar-refractivity contribution in [3.8, 4) is 0 Å². The first-order valence-electron chi connectivity index (χ1n) is 5.15. The second-order valence-electron chi connectivity index (χ2n) is 2.70. The summed E-state index contributed by atoms with van der Waals surface area (Å²) in [4.78, 5) is 0. The average molecular weight is 206 g/mol. The highest BCUT2D eigenvalue weighted by Crippen LogP contribution is 2.08. The lowest BCUT2D eigenvalue weighted by Crippen LogP contribution is -2.27. The molecule has 0 fully saturated rings. The lowest BCUT2D eigenvalue weighted by atomic mass is 10.4. The standard InChI is InChI=1S/C10H22O4/c1-5-12-9(11-4)8-10(13-6-2)14-7-3/h9-10H,5-8H2,1-4H3/t9-/m1/s1. The van der Waals surface area contributed by atoms with Crippen LogP contribution in [-0.2, 0) is 18.9 Å². The molecule has 0 aliphatic carbocycles. The van der Waals surface area contributed by atoms with Gasteiger partial charge >= 0.3 is 0 Å². The van der Waals surface area contributed by atoms with Gasteiger partial charge < -0.3 is 18.9 Å². The lowest BCUT2D eigenvalue weighted by Gasteiger charge is -2.22. The van der Waals surface area contributed by atoms with Gasteiger partial charge in [0.1, 0.15) is 0 Å². The van der Waals surface area contributed by atoms with E-state index in [-0.39, 0.29) is 12.6 Å². The first-order chi connectivity index (χ1) is 6.78. The number of hydrogen-bond acceptors (Lipinski definition) is 4. The zero-order chi connectivity index (χ0) is 10.8. The molecule has 86 valence electrons. The highest BCUT2D eigenvalue weighted by molar-refractivity contribution is 4.50. The van der Waals surface area contributed by atoms with Gasteiger partial charge in [-0.15, -0.1) is 0 Å². The summed E-state index contributed by atoms with van der Waals surface area (Å²) in [7, 11) is 1.62. The summed E-state index contributed by atoms with van der Waals surface area (Å²) in [5.41, 5.74) is 0. The van der Waals surface area contributed by atoms with E-state index in [0.717, 1.165) is 0 Å². The van der Waals surface area contributed by atoms with Crippen LogP contribution in [0.1, 0.15) is 27.2 Å². The van der Waals surface area contributed by atoms with Crippen LogP contribution in [0.4, 0.5) is 0 Å². The van der Waals surface area contributed by atoms with Crippen LogP contribution in [0, 0.1) is 0 Å².